The smallest absolute Gasteiger partial charge is 0.416 e. The number of aliphatic carboxylic acids is 1. The summed E-state index contributed by atoms with van der Waals surface area (Å²) in [5.41, 5.74) is -2.62. The third kappa shape index (κ3) is 8.58. The standard InChI is InChI=1S/C37H37F5N6O4/c1-24-34(46-18-16-45(17-19-46)21-27-11-5-10-26(20-43)33(27)39)35(51)48(23-31(25-8-3-2-4-9-25)44-15-7-14-32(49)50)36(52)47(24)22-28-29(37(40,41)42)12-6-13-30(28)38/h2-6,8-13,31,44H,7,14-19,21-23H2,1H3,(H,49,50)/t31-/m0/s1. The van der Waals surface area contributed by atoms with Gasteiger partial charge in [0.1, 0.15) is 23.4 Å². The molecule has 1 saturated heterocycles. The zero-order valence-electron chi connectivity index (χ0n) is 28.3. The first kappa shape index (κ1) is 37.9. The predicted octanol–water partition coefficient (Wildman–Crippen LogP) is 5.05. The van der Waals surface area contributed by atoms with Gasteiger partial charge in [0, 0.05) is 56.0 Å². The molecule has 1 aromatic heterocycles. The van der Waals surface area contributed by atoms with Crippen LogP contribution in [0.3, 0.4) is 0 Å². The van der Waals surface area contributed by atoms with Crippen LogP contribution in [0.15, 0.2) is 76.3 Å². The van der Waals surface area contributed by atoms with Gasteiger partial charge in [0.15, 0.2) is 0 Å². The molecule has 0 bridgehead atoms. The van der Waals surface area contributed by atoms with E-state index in [9.17, 15) is 37.2 Å². The molecule has 5 rings (SSSR count). The molecule has 52 heavy (non-hydrogen) atoms. The molecule has 274 valence electrons. The maximum absolute atomic E-state index is 15.1. The number of nitrogens with zero attached hydrogens (tertiary/aromatic N) is 5. The van der Waals surface area contributed by atoms with Gasteiger partial charge < -0.3 is 15.3 Å². The van der Waals surface area contributed by atoms with E-state index in [4.69, 9.17) is 5.11 Å². The average molecular weight is 725 g/mol. The molecule has 4 aromatic rings. The molecular weight excluding hydrogens is 687 g/mol. The monoisotopic (exact) mass is 724 g/mol. The van der Waals surface area contributed by atoms with Crippen molar-refractivity contribution >= 4 is 11.7 Å². The van der Waals surface area contributed by atoms with Crippen molar-refractivity contribution in [3.8, 4) is 6.07 Å². The van der Waals surface area contributed by atoms with Crippen LogP contribution in [0.2, 0.25) is 0 Å². The number of nitrogens with one attached hydrogen (secondary N) is 1. The Balaban J connectivity index is 1.55. The summed E-state index contributed by atoms with van der Waals surface area (Å²) in [5, 5.41) is 21.5. The molecule has 0 radical (unpaired) electrons. The lowest BCUT2D eigenvalue weighted by molar-refractivity contribution is -0.138. The van der Waals surface area contributed by atoms with E-state index >= 15 is 4.39 Å². The summed E-state index contributed by atoms with van der Waals surface area (Å²) < 4.78 is 74.0. The quantitative estimate of drug-likeness (QED) is 0.145. The number of carbonyl (C=O) groups is 1. The van der Waals surface area contributed by atoms with Crippen molar-refractivity contribution in [1.29, 1.82) is 5.26 Å². The molecule has 10 nitrogen and oxygen atoms in total. The normalized spacial score (nSPS) is 14.3. The minimum atomic E-state index is -4.92. The van der Waals surface area contributed by atoms with Gasteiger partial charge in [0.25, 0.3) is 5.56 Å². The Hall–Kier alpha value is -5.33. The Morgan fingerprint density at radius 3 is 2.29 bits per heavy atom. The van der Waals surface area contributed by atoms with Crippen LogP contribution in [-0.2, 0) is 30.6 Å². The molecule has 0 aliphatic carbocycles. The van der Waals surface area contributed by atoms with Crippen molar-refractivity contribution in [1.82, 2.24) is 19.4 Å². The summed E-state index contributed by atoms with van der Waals surface area (Å²) in [7, 11) is 0. The van der Waals surface area contributed by atoms with E-state index in [-0.39, 0.29) is 62.5 Å². The number of alkyl halides is 3. The summed E-state index contributed by atoms with van der Waals surface area (Å²) >= 11 is 0. The number of rotatable bonds is 13. The highest BCUT2D eigenvalue weighted by atomic mass is 19.4. The van der Waals surface area contributed by atoms with E-state index in [1.54, 1.807) is 47.4 Å². The lowest BCUT2D eigenvalue weighted by atomic mass is 10.1. The molecular formula is C37H37F5N6O4. The molecule has 1 aliphatic rings. The highest BCUT2D eigenvalue weighted by Gasteiger charge is 2.35. The number of hydrogen-bond acceptors (Lipinski definition) is 7. The topological polar surface area (TPSA) is 124 Å². The first-order valence-electron chi connectivity index (χ1n) is 16.6. The van der Waals surface area contributed by atoms with Crippen molar-refractivity contribution in [2.45, 2.75) is 51.6 Å². The average Bonchev–Trinajstić information content (AvgIpc) is 3.11. The third-order valence-electron chi connectivity index (χ3n) is 9.20. The molecule has 2 heterocycles. The highest BCUT2D eigenvalue weighted by molar-refractivity contribution is 5.66. The highest BCUT2D eigenvalue weighted by Crippen LogP contribution is 2.34. The minimum absolute atomic E-state index is 0.0505. The largest absolute Gasteiger partial charge is 0.481 e. The van der Waals surface area contributed by atoms with E-state index in [0.29, 0.717) is 24.2 Å². The van der Waals surface area contributed by atoms with Crippen LogP contribution in [0.25, 0.3) is 0 Å². The summed E-state index contributed by atoms with van der Waals surface area (Å²) in [4.78, 5) is 43.3. The fraction of sp³-hybridized carbons (Fsp3) is 0.351. The second kappa shape index (κ2) is 16.3. The molecule has 3 aromatic carbocycles. The van der Waals surface area contributed by atoms with E-state index in [0.717, 1.165) is 27.3 Å². The molecule has 1 atom stereocenters. The van der Waals surface area contributed by atoms with Crippen LogP contribution in [0.1, 0.15) is 52.4 Å². The van der Waals surface area contributed by atoms with Gasteiger partial charge in [-0.05, 0) is 43.7 Å². The fourth-order valence-electron chi connectivity index (χ4n) is 6.47. The summed E-state index contributed by atoms with van der Waals surface area (Å²) in [6.45, 7) is 1.93. The van der Waals surface area contributed by atoms with Crippen LogP contribution < -0.4 is 21.5 Å². The van der Waals surface area contributed by atoms with Gasteiger partial charge in [-0.3, -0.25) is 23.6 Å². The zero-order chi connectivity index (χ0) is 37.6. The predicted molar refractivity (Wildman–Crippen MR) is 183 cm³/mol. The van der Waals surface area contributed by atoms with Crippen LogP contribution in [0, 0.1) is 29.9 Å². The lowest BCUT2D eigenvalue weighted by Gasteiger charge is -2.37. The van der Waals surface area contributed by atoms with E-state index in [1.165, 1.54) is 13.0 Å². The van der Waals surface area contributed by atoms with Gasteiger partial charge in [-0.15, -0.1) is 0 Å². The second-order valence-electron chi connectivity index (χ2n) is 12.6. The van der Waals surface area contributed by atoms with E-state index in [1.807, 2.05) is 11.0 Å². The number of anilines is 1. The molecule has 2 N–H and O–H groups in total. The number of aromatic nitrogens is 2. The van der Waals surface area contributed by atoms with Crippen molar-refractivity contribution in [3.63, 3.8) is 0 Å². The maximum atomic E-state index is 15.1. The Bertz CT molecular complexity index is 2070. The number of halogens is 5. The fourth-order valence-corrected chi connectivity index (χ4v) is 6.47. The number of nitriles is 1. The van der Waals surface area contributed by atoms with Crippen molar-refractivity contribution in [2.24, 2.45) is 0 Å². The maximum Gasteiger partial charge on any atom is 0.416 e. The molecule has 1 fully saturated rings. The summed E-state index contributed by atoms with van der Waals surface area (Å²) in [6.07, 6.45) is -4.80. The van der Waals surface area contributed by atoms with Crippen molar-refractivity contribution in [3.05, 3.63) is 133 Å². The Labute approximate surface area is 295 Å². The Kier molecular flexibility index (Phi) is 11.9. The van der Waals surface area contributed by atoms with E-state index in [2.05, 4.69) is 5.32 Å². The molecule has 0 saturated carbocycles. The Morgan fingerprint density at radius 2 is 1.63 bits per heavy atom. The van der Waals surface area contributed by atoms with Crippen molar-refractivity contribution in [2.75, 3.05) is 37.6 Å². The molecule has 15 heteroatoms. The van der Waals surface area contributed by atoms with E-state index < -0.39 is 58.7 Å². The Morgan fingerprint density at radius 1 is 0.942 bits per heavy atom. The van der Waals surface area contributed by atoms with Crippen LogP contribution in [-0.4, -0.2) is 57.8 Å². The van der Waals surface area contributed by atoms with Gasteiger partial charge in [-0.2, -0.15) is 18.4 Å². The second-order valence-corrected chi connectivity index (χ2v) is 12.6. The van der Waals surface area contributed by atoms with Gasteiger partial charge >= 0.3 is 17.8 Å². The van der Waals surface area contributed by atoms with Crippen LogP contribution >= 0.6 is 0 Å². The van der Waals surface area contributed by atoms with Gasteiger partial charge in [0.2, 0.25) is 0 Å². The zero-order valence-corrected chi connectivity index (χ0v) is 28.3. The molecule has 0 unspecified atom stereocenters. The minimum Gasteiger partial charge on any atom is -0.481 e. The first-order valence-corrected chi connectivity index (χ1v) is 16.6. The number of hydrogen-bond donors (Lipinski definition) is 2. The summed E-state index contributed by atoms with van der Waals surface area (Å²) in [6, 6.07) is 17.0. The SMILES string of the molecule is Cc1c(N2CCN(Cc3cccc(C#N)c3F)CC2)c(=O)n(C[C@H](NCCCC(=O)O)c2ccccc2)c(=O)n1Cc1c(F)cccc1C(F)(F)F. The van der Waals surface area contributed by atoms with Gasteiger partial charge in [0.05, 0.1) is 30.3 Å². The van der Waals surface area contributed by atoms with Crippen LogP contribution in [0.4, 0.5) is 27.6 Å². The number of benzene rings is 3. The van der Waals surface area contributed by atoms with Crippen LogP contribution in [0.5, 0.6) is 0 Å². The molecule has 1 aliphatic heterocycles. The number of piperazine rings is 1. The number of carboxylic acids is 1. The van der Waals surface area contributed by atoms with Crippen molar-refractivity contribution < 1.29 is 31.9 Å². The third-order valence-corrected chi connectivity index (χ3v) is 9.20. The summed E-state index contributed by atoms with van der Waals surface area (Å²) in [5.74, 6) is -2.77. The molecule has 0 spiro atoms. The number of carboxylic acid groups (broad SMARTS) is 1. The van der Waals surface area contributed by atoms with Gasteiger partial charge in [-0.1, -0.05) is 48.5 Å². The first-order chi connectivity index (χ1) is 24.8. The molecule has 0 amide bonds. The lowest BCUT2D eigenvalue weighted by Crippen LogP contribution is -2.51. The van der Waals surface area contributed by atoms with Gasteiger partial charge in [-0.25, -0.2) is 13.6 Å².